The zero-order valence-electron chi connectivity index (χ0n) is 10.2. The maximum atomic E-state index is 12.2. The zero-order chi connectivity index (χ0) is 15.6. The Morgan fingerprint density at radius 1 is 1.24 bits per heavy atom. The highest BCUT2D eigenvalue weighted by Gasteiger charge is 2.19. The highest BCUT2D eigenvalue weighted by Crippen LogP contribution is 2.24. The molecule has 0 aliphatic carbocycles. The van der Waals surface area contributed by atoms with Crippen molar-refractivity contribution < 1.29 is 18.3 Å². The van der Waals surface area contributed by atoms with Crippen LogP contribution in [0.4, 0.5) is 5.69 Å². The summed E-state index contributed by atoms with van der Waals surface area (Å²) in [5, 5.41) is 8.78. The van der Waals surface area contributed by atoms with Gasteiger partial charge in [-0.05, 0) is 30.3 Å². The first kappa shape index (κ1) is 15.6. The molecule has 110 valence electrons. The van der Waals surface area contributed by atoms with Crippen molar-refractivity contribution in [2.24, 2.45) is 0 Å². The summed E-state index contributed by atoms with van der Waals surface area (Å²) in [6, 6.07) is 6.45. The quantitative estimate of drug-likeness (QED) is 0.829. The second-order valence-corrected chi connectivity index (χ2v) is 6.31. The van der Waals surface area contributed by atoms with Gasteiger partial charge < -0.3 is 5.11 Å². The van der Waals surface area contributed by atoms with E-state index < -0.39 is 16.0 Å². The Kier molecular flexibility index (Phi) is 4.36. The third-order valence-electron chi connectivity index (χ3n) is 2.46. The number of benzene rings is 1. The lowest BCUT2D eigenvalue weighted by molar-refractivity contribution is 0.0697. The van der Waals surface area contributed by atoms with Crippen LogP contribution in [-0.2, 0) is 10.0 Å². The number of hydrogen-bond donors (Lipinski definition) is 2. The van der Waals surface area contributed by atoms with Crippen molar-refractivity contribution in [1.82, 2.24) is 4.98 Å². The normalized spacial score (nSPS) is 11.1. The molecule has 0 atom stereocenters. The first-order valence-corrected chi connectivity index (χ1v) is 7.71. The van der Waals surface area contributed by atoms with Crippen LogP contribution in [0.3, 0.4) is 0 Å². The summed E-state index contributed by atoms with van der Waals surface area (Å²) in [6.07, 6.45) is 1.35. The standard InChI is InChI=1S/C12H8Cl2N2O4S/c13-9-4-3-7(6-8(9)12(17)18)16-21(19,20)10-2-1-5-15-11(10)14/h1-6,16H,(H,17,18). The van der Waals surface area contributed by atoms with Gasteiger partial charge in [-0.1, -0.05) is 23.2 Å². The second-order valence-electron chi connectivity index (χ2n) is 3.90. The fraction of sp³-hybridized carbons (Fsp3) is 0. The van der Waals surface area contributed by atoms with E-state index in [0.29, 0.717) is 0 Å². The molecule has 1 aromatic heterocycles. The smallest absolute Gasteiger partial charge is 0.337 e. The van der Waals surface area contributed by atoms with Gasteiger partial charge in [0.2, 0.25) is 0 Å². The molecule has 9 heteroatoms. The van der Waals surface area contributed by atoms with E-state index in [2.05, 4.69) is 9.71 Å². The minimum atomic E-state index is -3.98. The van der Waals surface area contributed by atoms with Gasteiger partial charge in [-0.15, -0.1) is 0 Å². The summed E-state index contributed by atoms with van der Waals surface area (Å²) >= 11 is 11.5. The lowest BCUT2D eigenvalue weighted by Crippen LogP contribution is -2.14. The zero-order valence-corrected chi connectivity index (χ0v) is 12.6. The van der Waals surface area contributed by atoms with E-state index in [-0.39, 0.29) is 26.3 Å². The van der Waals surface area contributed by atoms with Gasteiger partial charge in [-0.25, -0.2) is 18.2 Å². The number of carbonyl (C=O) groups is 1. The Balaban J connectivity index is 2.40. The molecule has 0 aliphatic heterocycles. The molecule has 0 aliphatic rings. The average Bonchev–Trinajstić information content (AvgIpc) is 2.40. The fourth-order valence-corrected chi connectivity index (χ4v) is 3.24. The van der Waals surface area contributed by atoms with E-state index in [0.717, 1.165) is 6.07 Å². The molecule has 0 spiro atoms. The molecule has 1 aromatic carbocycles. The van der Waals surface area contributed by atoms with Gasteiger partial charge in [-0.3, -0.25) is 4.72 Å². The first-order valence-electron chi connectivity index (χ1n) is 5.47. The average molecular weight is 347 g/mol. The van der Waals surface area contributed by atoms with Crippen molar-refractivity contribution in [1.29, 1.82) is 0 Å². The Labute approximate surface area is 130 Å². The van der Waals surface area contributed by atoms with E-state index >= 15 is 0 Å². The van der Waals surface area contributed by atoms with Gasteiger partial charge in [-0.2, -0.15) is 0 Å². The molecule has 2 aromatic rings. The molecule has 2 N–H and O–H groups in total. The van der Waals surface area contributed by atoms with Crippen LogP contribution in [0.2, 0.25) is 10.2 Å². The van der Waals surface area contributed by atoms with Crippen LogP contribution in [0.1, 0.15) is 10.4 Å². The number of halogens is 2. The topological polar surface area (TPSA) is 96.4 Å². The Bertz CT molecular complexity index is 809. The van der Waals surface area contributed by atoms with Crippen LogP contribution < -0.4 is 4.72 Å². The van der Waals surface area contributed by atoms with Crippen molar-refractivity contribution in [2.75, 3.05) is 4.72 Å². The number of sulfonamides is 1. The Hall–Kier alpha value is -1.83. The van der Waals surface area contributed by atoms with Gasteiger partial charge in [0.15, 0.2) is 0 Å². The molecule has 0 radical (unpaired) electrons. The third-order valence-corrected chi connectivity index (χ3v) is 4.62. The van der Waals surface area contributed by atoms with Crippen molar-refractivity contribution in [3.8, 4) is 0 Å². The van der Waals surface area contributed by atoms with Crippen LogP contribution in [0.25, 0.3) is 0 Å². The number of nitrogens with one attached hydrogen (secondary N) is 1. The minimum absolute atomic E-state index is 0.00450. The van der Waals surface area contributed by atoms with Crippen molar-refractivity contribution in [3.05, 3.63) is 52.3 Å². The number of carboxylic acid groups (broad SMARTS) is 1. The summed E-state index contributed by atoms with van der Waals surface area (Å²) in [5.74, 6) is -1.26. The molecule has 21 heavy (non-hydrogen) atoms. The van der Waals surface area contributed by atoms with Crippen molar-refractivity contribution in [2.45, 2.75) is 4.90 Å². The lowest BCUT2D eigenvalue weighted by atomic mass is 10.2. The summed E-state index contributed by atoms with van der Waals surface area (Å²) < 4.78 is 26.6. The molecule has 2 rings (SSSR count). The molecule has 6 nitrogen and oxygen atoms in total. The lowest BCUT2D eigenvalue weighted by Gasteiger charge is -2.10. The van der Waals surface area contributed by atoms with E-state index in [9.17, 15) is 13.2 Å². The van der Waals surface area contributed by atoms with E-state index in [1.165, 1.54) is 30.5 Å². The largest absolute Gasteiger partial charge is 0.478 e. The van der Waals surface area contributed by atoms with Crippen molar-refractivity contribution >= 4 is 44.9 Å². The van der Waals surface area contributed by atoms with Gasteiger partial charge in [0.05, 0.1) is 10.6 Å². The monoisotopic (exact) mass is 346 g/mol. The van der Waals surface area contributed by atoms with Gasteiger partial charge in [0.25, 0.3) is 10.0 Å². The third kappa shape index (κ3) is 3.44. The Morgan fingerprint density at radius 3 is 2.57 bits per heavy atom. The van der Waals surface area contributed by atoms with E-state index in [4.69, 9.17) is 28.3 Å². The summed E-state index contributed by atoms with van der Waals surface area (Å²) in [7, 11) is -3.98. The minimum Gasteiger partial charge on any atom is -0.478 e. The first-order chi connectivity index (χ1) is 9.81. The predicted octanol–water partition coefficient (Wildman–Crippen LogP) is 2.89. The summed E-state index contributed by atoms with van der Waals surface area (Å²) in [6.45, 7) is 0. The molecule has 0 unspecified atom stereocenters. The molecule has 0 saturated carbocycles. The maximum absolute atomic E-state index is 12.2. The van der Waals surface area contributed by atoms with Crippen LogP contribution in [0, 0.1) is 0 Å². The van der Waals surface area contributed by atoms with Gasteiger partial charge >= 0.3 is 5.97 Å². The SMILES string of the molecule is O=C(O)c1cc(NS(=O)(=O)c2cccnc2Cl)ccc1Cl. The van der Waals surface area contributed by atoms with Crippen LogP contribution in [0.5, 0.6) is 0 Å². The number of nitrogens with zero attached hydrogens (tertiary/aromatic N) is 1. The van der Waals surface area contributed by atoms with E-state index in [1.54, 1.807) is 0 Å². The fourth-order valence-electron chi connectivity index (χ4n) is 1.53. The molecule has 0 bridgehead atoms. The Morgan fingerprint density at radius 2 is 1.95 bits per heavy atom. The number of aromatic carboxylic acids is 1. The van der Waals surface area contributed by atoms with Crippen molar-refractivity contribution in [3.63, 3.8) is 0 Å². The number of rotatable bonds is 4. The van der Waals surface area contributed by atoms with Gasteiger partial charge in [0, 0.05) is 11.9 Å². The number of pyridine rings is 1. The predicted molar refractivity (Wildman–Crippen MR) is 78.5 cm³/mol. The summed E-state index contributed by atoms with van der Waals surface area (Å²) in [4.78, 5) is 14.4. The van der Waals surface area contributed by atoms with Crippen LogP contribution >= 0.6 is 23.2 Å². The molecule has 1 heterocycles. The number of anilines is 1. The number of hydrogen-bond acceptors (Lipinski definition) is 4. The highest BCUT2D eigenvalue weighted by molar-refractivity contribution is 7.92. The number of aromatic nitrogens is 1. The number of carboxylic acids is 1. The molecular weight excluding hydrogens is 339 g/mol. The molecular formula is C12H8Cl2N2O4S. The van der Waals surface area contributed by atoms with Crippen LogP contribution in [0.15, 0.2) is 41.4 Å². The molecule has 0 amide bonds. The summed E-state index contributed by atoms with van der Waals surface area (Å²) in [5.41, 5.74) is -0.161. The highest BCUT2D eigenvalue weighted by atomic mass is 35.5. The molecule has 0 fully saturated rings. The maximum Gasteiger partial charge on any atom is 0.337 e. The second kappa shape index (κ2) is 5.88. The van der Waals surface area contributed by atoms with E-state index in [1.807, 2.05) is 0 Å². The molecule has 0 saturated heterocycles. The van der Waals surface area contributed by atoms with Crippen LogP contribution in [-0.4, -0.2) is 24.5 Å². The van der Waals surface area contributed by atoms with Gasteiger partial charge in [0.1, 0.15) is 10.0 Å².